The van der Waals surface area contributed by atoms with Gasteiger partial charge in [0.15, 0.2) is 0 Å². The van der Waals surface area contributed by atoms with E-state index in [1.807, 2.05) is 26.0 Å². The van der Waals surface area contributed by atoms with Gasteiger partial charge in [0.25, 0.3) is 5.91 Å². The summed E-state index contributed by atoms with van der Waals surface area (Å²) in [4.78, 5) is 16.5. The Hall–Kier alpha value is -1.42. The number of carbonyl (C=O) groups is 1. The van der Waals surface area contributed by atoms with E-state index in [4.69, 9.17) is 0 Å². The van der Waals surface area contributed by atoms with E-state index in [1.54, 1.807) is 0 Å². The molecule has 2 unspecified atom stereocenters. The van der Waals surface area contributed by atoms with Gasteiger partial charge in [0.05, 0.1) is 11.3 Å². The number of aryl methyl sites for hydroxylation is 2. The Morgan fingerprint density at radius 1 is 1.44 bits per heavy atom. The minimum Gasteiger partial charge on any atom is -0.348 e. The second kappa shape index (κ2) is 5.48. The quantitative estimate of drug-likeness (QED) is 0.834. The topological polar surface area (TPSA) is 54.0 Å². The van der Waals surface area contributed by atoms with E-state index in [1.165, 1.54) is 0 Å². The number of hydrogen-bond donors (Lipinski definition) is 2. The van der Waals surface area contributed by atoms with Gasteiger partial charge in [0, 0.05) is 17.8 Å². The van der Waals surface area contributed by atoms with Gasteiger partial charge in [-0.05, 0) is 52.3 Å². The number of aromatic nitrogens is 1. The van der Waals surface area contributed by atoms with Crippen molar-refractivity contribution in [3.63, 3.8) is 0 Å². The van der Waals surface area contributed by atoms with E-state index in [9.17, 15) is 4.79 Å². The molecular weight excluding hydrogens is 226 g/mol. The first-order valence-electron chi connectivity index (χ1n) is 6.56. The Balaban J connectivity index is 2.07. The zero-order valence-electron chi connectivity index (χ0n) is 11.3. The molecule has 4 nitrogen and oxygen atoms in total. The van der Waals surface area contributed by atoms with Crippen molar-refractivity contribution in [3.05, 3.63) is 29.1 Å². The fraction of sp³-hybridized carbons (Fsp3) is 0.571. The van der Waals surface area contributed by atoms with Crippen LogP contribution >= 0.6 is 0 Å². The first-order chi connectivity index (χ1) is 8.58. The largest absolute Gasteiger partial charge is 0.348 e. The van der Waals surface area contributed by atoms with Crippen molar-refractivity contribution in [2.75, 3.05) is 6.54 Å². The summed E-state index contributed by atoms with van der Waals surface area (Å²) >= 11 is 0. The molecule has 1 aliphatic rings. The molecule has 2 heterocycles. The molecule has 0 aliphatic carbocycles. The van der Waals surface area contributed by atoms with Crippen molar-refractivity contribution in [3.8, 4) is 0 Å². The van der Waals surface area contributed by atoms with E-state index in [0.717, 1.165) is 30.8 Å². The van der Waals surface area contributed by atoms with Crippen LogP contribution in [0.4, 0.5) is 0 Å². The Morgan fingerprint density at radius 3 is 2.89 bits per heavy atom. The predicted octanol–water partition coefficient (Wildman–Crippen LogP) is 1.57. The number of pyridine rings is 1. The minimum atomic E-state index is -0.0134. The maximum absolute atomic E-state index is 12.2. The normalized spacial score (nSPS) is 23.7. The van der Waals surface area contributed by atoms with Crippen LogP contribution in [0, 0.1) is 13.8 Å². The molecule has 18 heavy (non-hydrogen) atoms. The molecular formula is C14H21N3O. The van der Waals surface area contributed by atoms with Gasteiger partial charge in [-0.25, -0.2) is 0 Å². The highest BCUT2D eigenvalue weighted by atomic mass is 16.1. The number of carbonyl (C=O) groups excluding carboxylic acids is 1. The van der Waals surface area contributed by atoms with Crippen molar-refractivity contribution in [2.24, 2.45) is 0 Å². The van der Waals surface area contributed by atoms with Gasteiger partial charge in [0.1, 0.15) is 0 Å². The molecule has 1 aliphatic heterocycles. The van der Waals surface area contributed by atoms with Gasteiger partial charge in [-0.1, -0.05) is 0 Å². The van der Waals surface area contributed by atoms with Crippen LogP contribution in [0.3, 0.4) is 0 Å². The maximum atomic E-state index is 12.2. The van der Waals surface area contributed by atoms with Crippen molar-refractivity contribution >= 4 is 5.91 Å². The van der Waals surface area contributed by atoms with Gasteiger partial charge in [-0.15, -0.1) is 0 Å². The number of nitrogens with one attached hydrogen (secondary N) is 2. The summed E-state index contributed by atoms with van der Waals surface area (Å²) in [7, 11) is 0. The third kappa shape index (κ3) is 2.88. The predicted molar refractivity (Wildman–Crippen MR) is 71.7 cm³/mol. The zero-order valence-corrected chi connectivity index (χ0v) is 11.3. The van der Waals surface area contributed by atoms with Crippen LogP contribution in [-0.2, 0) is 0 Å². The molecule has 0 spiro atoms. The van der Waals surface area contributed by atoms with Crippen LogP contribution in [0.5, 0.6) is 0 Å². The number of hydrogen-bond acceptors (Lipinski definition) is 3. The lowest BCUT2D eigenvalue weighted by Crippen LogP contribution is -2.52. The fourth-order valence-electron chi connectivity index (χ4n) is 2.41. The molecule has 1 aromatic heterocycles. The third-order valence-electron chi connectivity index (χ3n) is 3.55. The van der Waals surface area contributed by atoms with E-state index in [0.29, 0.717) is 11.6 Å². The molecule has 0 aromatic carbocycles. The van der Waals surface area contributed by atoms with Gasteiger partial charge in [0.2, 0.25) is 0 Å². The van der Waals surface area contributed by atoms with E-state index in [2.05, 4.69) is 22.5 Å². The summed E-state index contributed by atoms with van der Waals surface area (Å²) < 4.78 is 0. The third-order valence-corrected chi connectivity index (χ3v) is 3.55. The zero-order chi connectivity index (χ0) is 13.1. The highest BCUT2D eigenvalue weighted by Gasteiger charge is 2.23. The van der Waals surface area contributed by atoms with Gasteiger partial charge in [-0.2, -0.15) is 0 Å². The van der Waals surface area contributed by atoms with Crippen LogP contribution in [0.1, 0.15) is 41.5 Å². The number of rotatable bonds is 2. The minimum absolute atomic E-state index is 0.0134. The molecule has 2 N–H and O–H groups in total. The lowest BCUT2D eigenvalue weighted by molar-refractivity contribution is 0.0919. The number of nitrogens with zero attached hydrogens (tertiary/aromatic N) is 1. The van der Waals surface area contributed by atoms with Crippen molar-refractivity contribution < 1.29 is 4.79 Å². The van der Waals surface area contributed by atoms with E-state index >= 15 is 0 Å². The molecule has 1 aromatic rings. The summed E-state index contributed by atoms with van der Waals surface area (Å²) in [5, 5.41) is 6.49. The Bertz CT molecular complexity index is 445. The smallest absolute Gasteiger partial charge is 0.253 e. The highest BCUT2D eigenvalue weighted by Crippen LogP contribution is 2.11. The monoisotopic (exact) mass is 247 g/mol. The first kappa shape index (κ1) is 13.0. The summed E-state index contributed by atoms with van der Waals surface area (Å²) in [5.74, 6) is -0.0134. The van der Waals surface area contributed by atoms with Crippen molar-refractivity contribution in [1.29, 1.82) is 0 Å². The molecule has 0 bridgehead atoms. The average Bonchev–Trinajstić information content (AvgIpc) is 2.32. The van der Waals surface area contributed by atoms with Gasteiger partial charge < -0.3 is 10.6 Å². The first-order valence-corrected chi connectivity index (χ1v) is 6.56. The van der Waals surface area contributed by atoms with Crippen LogP contribution in [-0.4, -0.2) is 29.5 Å². The maximum Gasteiger partial charge on any atom is 0.253 e. The SMILES string of the molecule is Cc1ccc(C(=O)NC2CCCNC2C)c(C)n1. The van der Waals surface area contributed by atoms with Crippen LogP contribution < -0.4 is 10.6 Å². The summed E-state index contributed by atoms with van der Waals surface area (Å²) in [6.45, 7) is 6.97. The van der Waals surface area contributed by atoms with E-state index < -0.39 is 0 Å². The summed E-state index contributed by atoms with van der Waals surface area (Å²) in [6.07, 6.45) is 2.15. The van der Waals surface area contributed by atoms with Crippen LogP contribution in [0.25, 0.3) is 0 Å². The molecule has 98 valence electrons. The van der Waals surface area contributed by atoms with Crippen molar-refractivity contribution in [2.45, 2.75) is 45.7 Å². The Labute approximate surface area is 108 Å². The van der Waals surface area contributed by atoms with Gasteiger partial charge >= 0.3 is 0 Å². The molecule has 1 saturated heterocycles. The Morgan fingerprint density at radius 2 is 2.22 bits per heavy atom. The summed E-state index contributed by atoms with van der Waals surface area (Å²) in [5.41, 5.74) is 2.42. The van der Waals surface area contributed by atoms with Crippen molar-refractivity contribution in [1.82, 2.24) is 15.6 Å². The molecule has 0 saturated carbocycles. The van der Waals surface area contributed by atoms with Gasteiger partial charge in [-0.3, -0.25) is 9.78 Å². The van der Waals surface area contributed by atoms with Crippen LogP contribution in [0.15, 0.2) is 12.1 Å². The second-order valence-electron chi connectivity index (χ2n) is 5.05. The molecule has 1 amide bonds. The molecule has 1 fully saturated rings. The molecule has 4 heteroatoms. The Kier molecular flexibility index (Phi) is 3.97. The fourth-order valence-corrected chi connectivity index (χ4v) is 2.41. The van der Waals surface area contributed by atoms with E-state index in [-0.39, 0.29) is 11.9 Å². The lowest BCUT2D eigenvalue weighted by atomic mass is 9.99. The molecule has 2 atom stereocenters. The molecule has 0 radical (unpaired) electrons. The second-order valence-corrected chi connectivity index (χ2v) is 5.05. The van der Waals surface area contributed by atoms with Crippen LogP contribution in [0.2, 0.25) is 0 Å². The molecule has 2 rings (SSSR count). The summed E-state index contributed by atoms with van der Waals surface area (Å²) in [6, 6.07) is 4.28. The average molecular weight is 247 g/mol. The number of piperidine rings is 1. The standard InChI is InChI=1S/C14H21N3O/c1-9-6-7-12(10(2)16-9)14(18)17-13-5-4-8-15-11(13)3/h6-7,11,13,15H,4-5,8H2,1-3H3,(H,17,18). The lowest BCUT2D eigenvalue weighted by Gasteiger charge is -2.30. The number of amides is 1. The highest BCUT2D eigenvalue weighted by molar-refractivity contribution is 5.95.